The molecule has 1 heterocycles. The van der Waals surface area contributed by atoms with Crippen molar-refractivity contribution in [3.05, 3.63) is 27.8 Å². The summed E-state index contributed by atoms with van der Waals surface area (Å²) in [6.45, 7) is 2.68. The quantitative estimate of drug-likeness (QED) is 0.775. The van der Waals surface area contributed by atoms with Crippen molar-refractivity contribution < 1.29 is 14.7 Å². The molecule has 2 rings (SSSR count). The van der Waals surface area contributed by atoms with E-state index in [0.29, 0.717) is 6.54 Å². The Balaban J connectivity index is 1.98. The summed E-state index contributed by atoms with van der Waals surface area (Å²) in [5.74, 6) is -0.941. The molecule has 0 spiro atoms. The van der Waals surface area contributed by atoms with E-state index in [-0.39, 0.29) is 18.4 Å². The van der Waals surface area contributed by atoms with Crippen LogP contribution in [-0.4, -0.2) is 41.0 Å². The Hall–Kier alpha value is -1.15. The van der Waals surface area contributed by atoms with Gasteiger partial charge in [-0.3, -0.25) is 14.5 Å². The van der Waals surface area contributed by atoms with Crippen molar-refractivity contribution in [2.24, 2.45) is 5.92 Å². The highest BCUT2D eigenvalue weighted by Gasteiger charge is 2.37. The number of para-hydroxylation sites is 1. The van der Waals surface area contributed by atoms with Gasteiger partial charge in [-0.25, -0.2) is 0 Å². The van der Waals surface area contributed by atoms with Gasteiger partial charge in [0.15, 0.2) is 0 Å². The molecule has 0 saturated carbocycles. The molecule has 1 aliphatic heterocycles. The van der Waals surface area contributed by atoms with Gasteiger partial charge in [0.05, 0.1) is 12.2 Å². The van der Waals surface area contributed by atoms with E-state index in [1.807, 2.05) is 31.2 Å². The predicted molar refractivity (Wildman–Crippen MR) is 84.6 cm³/mol. The molecule has 0 bridgehead atoms. The van der Waals surface area contributed by atoms with Crippen LogP contribution in [0.15, 0.2) is 24.3 Å². The molecule has 2 unspecified atom stereocenters. The van der Waals surface area contributed by atoms with E-state index < -0.39 is 12.0 Å². The van der Waals surface area contributed by atoms with Crippen LogP contribution in [0.5, 0.6) is 0 Å². The molecule has 0 aliphatic carbocycles. The van der Waals surface area contributed by atoms with Gasteiger partial charge in [0.25, 0.3) is 0 Å². The van der Waals surface area contributed by atoms with E-state index in [1.165, 1.54) is 0 Å². The molecule has 6 heteroatoms. The topological polar surface area (TPSA) is 69.6 Å². The van der Waals surface area contributed by atoms with Crippen molar-refractivity contribution in [1.82, 2.24) is 4.90 Å². The van der Waals surface area contributed by atoms with E-state index in [1.54, 1.807) is 4.90 Å². The lowest BCUT2D eigenvalue weighted by Crippen LogP contribution is -2.43. The number of hydrogen-bond donors (Lipinski definition) is 2. The summed E-state index contributed by atoms with van der Waals surface area (Å²) in [6, 6.07) is 6.95. The molecule has 108 valence electrons. The Kier molecular flexibility index (Phi) is 4.98. The maximum Gasteiger partial charge on any atom is 0.321 e. The van der Waals surface area contributed by atoms with Crippen molar-refractivity contribution in [1.29, 1.82) is 0 Å². The lowest BCUT2D eigenvalue weighted by molar-refractivity contribution is -0.143. The van der Waals surface area contributed by atoms with Crippen LogP contribution < -0.4 is 5.32 Å². The second kappa shape index (κ2) is 6.53. The molecule has 2 N–H and O–H groups in total. The highest BCUT2D eigenvalue weighted by molar-refractivity contribution is 14.1. The van der Waals surface area contributed by atoms with Gasteiger partial charge in [-0.05, 0) is 53.6 Å². The highest BCUT2D eigenvalue weighted by atomic mass is 127. The van der Waals surface area contributed by atoms with Gasteiger partial charge in [-0.1, -0.05) is 19.1 Å². The van der Waals surface area contributed by atoms with Gasteiger partial charge in [-0.15, -0.1) is 0 Å². The molecule has 0 radical (unpaired) electrons. The van der Waals surface area contributed by atoms with E-state index >= 15 is 0 Å². The van der Waals surface area contributed by atoms with Crippen LogP contribution in [0.3, 0.4) is 0 Å². The zero-order valence-corrected chi connectivity index (χ0v) is 13.3. The Labute approximate surface area is 131 Å². The number of carboxylic acid groups (broad SMARTS) is 1. The number of likely N-dealkylation sites (tertiary alicyclic amines) is 1. The number of nitrogens with zero attached hydrogens (tertiary/aromatic N) is 1. The van der Waals surface area contributed by atoms with Crippen LogP contribution in [0.4, 0.5) is 5.69 Å². The average molecular weight is 388 g/mol. The van der Waals surface area contributed by atoms with Crippen LogP contribution in [0, 0.1) is 9.49 Å². The number of aliphatic carboxylic acids is 1. The van der Waals surface area contributed by atoms with Gasteiger partial charge in [0.2, 0.25) is 5.91 Å². The second-order valence-corrected chi connectivity index (χ2v) is 6.21. The Morgan fingerprint density at radius 3 is 2.80 bits per heavy atom. The fraction of sp³-hybridized carbons (Fsp3) is 0.429. The SMILES string of the molecule is CC1CCN(CC(=O)Nc2ccccc2I)C1C(=O)O. The number of amides is 1. The van der Waals surface area contributed by atoms with Gasteiger partial charge in [-0.2, -0.15) is 0 Å². The van der Waals surface area contributed by atoms with Crippen molar-refractivity contribution in [3.8, 4) is 0 Å². The number of nitrogens with one attached hydrogen (secondary N) is 1. The van der Waals surface area contributed by atoms with Crippen molar-refractivity contribution in [2.45, 2.75) is 19.4 Å². The maximum absolute atomic E-state index is 12.0. The van der Waals surface area contributed by atoms with E-state index in [4.69, 9.17) is 0 Å². The third-order valence-electron chi connectivity index (χ3n) is 3.55. The number of carbonyl (C=O) groups is 2. The third kappa shape index (κ3) is 3.49. The summed E-state index contributed by atoms with van der Waals surface area (Å²) in [4.78, 5) is 25.0. The number of benzene rings is 1. The van der Waals surface area contributed by atoms with E-state index in [9.17, 15) is 14.7 Å². The zero-order chi connectivity index (χ0) is 14.7. The Morgan fingerprint density at radius 1 is 1.45 bits per heavy atom. The van der Waals surface area contributed by atoms with Crippen molar-refractivity contribution >= 4 is 40.2 Å². The monoisotopic (exact) mass is 388 g/mol. The van der Waals surface area contributed by atoms with Crippen LogP contribution in [0.1, 0.15) is 13.3 Å². The first-order valence-electron chi connectivity index (χ1n) is 6.50. The number of anilines is 1. The fourth-order valence-electron chi connectivity index (χ4n) is 2.54. The number of carbonyl (C=O) groups excluding carboxylic acids is 1. The van der Waals surface area contributed by atoms with Crippen LogP contribution in [-0.2, 0) is 9.59 Å². The smallest absolute Gasteiger partial charge is 0.321 e. The summed E-state index contributed by atoms with van der Waals surface area (Å²) in [7, 11) is 0. The molecule has 20 heavy (non-hydrogen) atoms. The van der Waals surface area contributed by atoms with E-state index in [2.05, 4.69) is 27.9 Å². The van der Waals surface area contributed by atoms with Crippen LogP contribution in [0.25, 0.3) is 0 Å². The first-order valence-corrected chi connectivity index (χ1v) is 7.58. The maximum atomic E-state index is 12.0. The lowest BCUT2D eigenvalue weighted by atomic mass is 10.0. The molecular formula is C14H17IN2O3. The minimum Gasteiger partial charge on any atom is -0.480 e. The molecule has 1 aromatic carbocycles. The molecular weight excluding hydrogens is 371 g/mol. The number of rotatable bonds is 4. The normalized spacial score (nSPS) is 22.7. The molecule has 5 nitrogen and oxygen atoms in total. The number of carboxylic acids is 1. The van der Waals surface area contributed by atoms with Crippen LogP contribution in [0.2, 0.25) is 0 Å². The van der Waals surface area contributed by atoms with Gasteiger partial charge in [0.1, 0.15) is 6.04 Å². The Morgan fingerprint density at radius 2 is 2.15 bits per heavy atom. The van der Waals surface area contributed by atoms with Crippen molar-refractivity contribution in [2.75, 3.05) is 18.4 Å². The highest BCUT2D eigenvalue weighted by Crippen LogP contribution is 2.24. The van der Waals surface area contributed by atoms with E-state index in [0.717, 1.165) is 15.7 Å². The second-order valence-electron chi connectivity index (χ2n) is 5.05. The van der Waals surface area contributed by atoms with Crippen LogP contribution >= 0.6 is 22.6 Å². The molecule has 1 saturated heterocycles. The zero-order valence-electron chi connectivity index (χ0n) is 11.2. The van der Waals surface area contributed by atoms with Gasteiger partial charge < -0.3 is 10.4 Å². The minimum absolute atomic E-state index is 0.0807. The first kappa shape index (κ1) is 15.2. The molecule has 1 aliphatic rings. The fourth-order valence-corrected chi connectivity index (χ4v) is 3.06. The minimum atomic E-state index is -0.850. The first-order chi connectivity index (χ1) is 9.49. The number of halogens is 1. The lowest BCUT2D eigenvalue weighted by Gasteiger charge is -2.22. The number of hydrogen-bond acceptors (Lipinski definition) is 3. The largest absolute Gasteiger partial charge is 0.480 e. The predicted octanol–water partition coefficient (Wildman–Crippen LogP) is 2.02. The summed E-state index contributed by atoms with van der Waals surface area (Å²) in [5.41, 5.74) is 0.761. The molecule has 0 aromatic heterocycles. The molecule has 1 fully saturated rings. The molecule has 1 aromatic rings. The summed E-state index contributed by atoms with van der Waals surface area (Å²) in [5, 5.41) is 12.1. The summed E-state index contributed by atoms with van der Waals surface area (Å²) < 4.78 is 0.961. The standard InChI is InChI=1S/C14H17IN2O3/c1-9-6-7-17(13(9)14(19)20)8-12(18)16-11-5-3-2-4-10(11)15/h2-5,9,13H,6-8H2,1H3,(H,16,18)(H,19,20). The Bertz CT molecular complexity index is 521. The van der Waals surface area contributed by atoms with Gasteiger partial charge >= 0.3 is 5.97 Å². The third-order valence-corrected chi connectivity index (χ3v) is 4.49. The van der Waals surface area contributed by atoms with Crippen molar-refractivity contribution in [3.63, 3.8) is 0 Å². The van der Waals surface area contributed by atoms with Gasteiger partial charge in [0, 0.05) is 3.57 Å². The molecule has 2 atom stereocenters. The summed E-state index contributed by atoms with van der Waals surface area (Å²) >= 11 is 2.15. The summed E-state index contributed by atoms with van der Waals surface area (Å²) in [6.07, 6.45) is 0.813. The molecule has 1 amide bonds. The average Bonchev–Trinajstić information content (AvgIpc) is 2.73.